The Balaban J connectivity index is 1.68. The molecule has 0 saturated heterocycles. The third kappa shape index (κ3) is 2.61. The van der Waals surface area contributed by atoms with E-state index in [9.17, 15) is 9.59 Å². The van der Waals surface area contributed by atoms with Crippen molar-refractivity contribution in [3.8, 4) is 0 Å². The molecule has 106 valence electrons. The van der Waals surface area contributed by atoms with Crippen LogP contribution >= 0.6 is 0 Å². The topological polar surface area (TPSA) is 69.6 Å². The predicted octanol–water partition coefficient (Wildman–Crippen LogP) is 2.01. The molecule has 20 heavy (non-hydrogen) atoms. The minimum Gasteiger partial charge on any atom is -0.481 e. The van der Waals surface area contributed by atoms with Gasteiger partial charge < -0.3 is 10.4 Å². The summed E-state index contributed by atoms with van der Waals surface area (Å²) < 4.78 is 0. The van der Waals surface area contributed by atoms with Crippen LogP contribution in [0.3, 0.4) is 0 Å². The quantitative estimate of drug-likeness (QED) is 0.882. The van der Waals surface area contributed by atoms with Crippen molar-refractivity contribution in [1.82, 2.24) is 5.32 Å². The summed E-state index contributed by atoms with van der Waals surface area (Å²) in [6.45, 7) is 0.662. The minimum atomic E-state index is -0.857. The van der Waals surface area contributed by atoms with E-state index in [0.717, 1.165) is 24.9 Å². The van der Waals surface area contributed by atoms with Gasteiger partial charge in [-0.15, -0.1) is 0 Å². The SMILES string of the molecule is O=C(O)CC(NC(=O)N1CCc2ccccc21)C1CC1. The first kappa shape index (κ1) is 13.0. The number of urea groups is 1. The van der Waals surface area contributed by atoms with E-state index in [-0.39, 0.29) is 18.5 Å². The standard InChI is InChI=1S/C15H18N2O3/c18-14(19)9-12(10-5-6-10)16-15(20)17-8-7-11-3-1-2-4-13(11)17/h1-4,10,12H,5-9H2,(H,16,20)(H,18,19). The van der Waals surface area contributed by atoms with Crippen LogP contribution in [0.2, 0.25) is 0 Å². The van der Waals surface area contributed by atoms with Crippen LogP contribution in [-0.4, -0.2) is 29.7 Å². The molecule has 1 aliphatic carbocycles. The lowest BCUT2D eigenvalue weighted by Gasteiger charge is -2.22. The third-order valence-corrected chi connectivity index (χ3v) is 4.03. The summed E-state index contributed by atoms with van der Waals surface area (Å²) >= 11 is 0. The van der Waals surface area contributed by atoms with Gasteiger partial charge in [0.2, 0.25) is 0 Å². The average Bonchev–Trinajstić information content (AvgIpc) is 3.16. The Morgan fingerprint density at radius 3 is 2.80 bits per heavy atom. The van der Waals surface area contributed by atoms with Crippen molar-refractivity contribution in [3.05, 3.63) is 29.8 Å². The molecule has 1 saturated carbocycles. The highest BCUT2D eigenvalue weighted by Gasteiger charge is 2.35. The Labute approximate surface area is 117 Å². The van der Waals surface area contributed by atoms with E-state index >= 15 is 0 Å². The summed E-state index contributed by atoms with van der Waals surface area (Å²) in [5.74, 6) is -0.531. The third-order valence-electron chi connectivity index (χ3n) is 4.03. The van der Waals surface area contributed by atoms with Crippen molar-refractivity contribution in [2.24, 2.45) is 5.92 Å². The number of carboxylic acids is 1. The van der Waals surface area contributed by atoms with Gasteiger partial charge in [0.05, 0.1) is 6.42 Å². The van der Waals surface area contributed by atoms with Crippen LogP contribution in [0.1, 0.15) is 24.8 Å². The number of para-hydroxylation sites is 1. The Hall–Kier alpha value is -2.04. The lowest BCUT2D eigenvalue weighted by atomic mass is 10.1. The molecule has 1 aromatic carbocycles. The van der Waals surface area contributed by atoms with E-state index in [0.29, 0.717) is 12.5 Å². The lowest BCUT2D eigenvalue weighted by molar-refractivity contribution is -0.137. The van der Waals surface area contributed by atoms with Crippen molar-refractivity contribution in [2.45, 2.75) is 31.7 Å². The molecule has 0 radical (unpaired) electrons. The number of nitrogens with zero attached hydrogens (tertiary/aromatic N) is 1. The molecule has 3 rings (SSSR count). The smallest absolute Gasteiger partial charge is 0.322 e. The van der Waals surface area contributed by atoms with Gasteiger partial charge in [0, 0.05) is 18.3 Å². The number of carbonyl (C=O) groups is 2. The normalized spacial score (nSPS) is 18.5. The number of nitrogens with one attached hydrogen (secondary N) is 1. The van der Waals surface area contributed by atoms with E-state index in [1.807, 2.05) is 24.3 Å². The van der Waals surface area contributed by atoms with Gasteiger partial charge in [-0.2, -0.15) is 0 Å². The zero-order valence-corrected chi connectivity index (χ0v) is 11.2. The summed E-state index contributed by atoms with van der Waals surface area (Å²) in [6.07, 6.45) is 2.88. The largest absolute Gasteiger partial charge is 0.481 e. The first-order chi connectivity index (χ1) is 9.65. The monoisotopic (exact) mass is 274 g/mol. The Morgan fingerprint density at radius 1 is 1.35 bits per heavy atom. The van der Waals surface area contributed by atoms with Gasteiger partial charge in [0.15, 0.2) is 0 Å². The molecule has 1 atom stereocenters. The highest BCUT2D eigenvalue weighted by atomic mass is 16.4. The van der Waals surface area contributed by atoms with Crippen LogP contribution in [0.5, 0.6) is 0 Å². The first-order valence-electron chi connectivity index (χ1n) is 7.03. The maximum Gasteiger partial charge on any atom is 0.322 e. The highest BCUT2D eigenvalue weighted by molar-refractivity contribution is 5.94. The molecule has 5 nitrogen and oxygen atoms in total. The maximum absolute atomic E-state index is 12.4. The summed E-state index contributed by atoms with van der Waals surface area (Å²) in [5.41, 5.74) is 2.11. The Kier molecular flexibility index (Phi) is 3.34. The maximum atomic E-state index is 12.4. The second kappa shape index (κ2) is 5.15. The second-order valence-corrected chi connectivity index (χ2v) is 5.52. The number of aliphatic carboxylic acids is 1. The van der Waals surface area contributed by atoms with Crippen LogP contribution in [0.15, 0.2) is 24.3 Å². The lowest BCUT2D eigenvalue weighted by Crippen LogP contribution is -2.46. The van der Waals surface area contributed by atoms with Crippen LogP contribution in [0.25, 0.3) is 0 Å². The zero-order chi connectivity index (χ0) is 14.1. The number of rotatable bonds is 4. The average molecular weight is 274 g/mol. The molecule has 0 bridgehead atoms. The van der Waals surface area contributed by atoms with E-state index in [1.54, 1.807) is 4.90 Å². The van der Waals surface area contributed by atoms with Crippen LogP contribution in [0.4, 0.5) is 10.5 Å². The van der Waals surface area contributed by atoms with Gasteiger partial charge in [-0.3, -0.25) is 9.69 Å². The number of hydrogen-bond donors (Lipinski definition) is 2. The van der Waals surface area contributed by atoms with Gasteiger partial charge >= 0.3 is 12.0 Å². The van der Waals surface area contributed by atoms with Crippen molar-refractivity contribution >= 4 is 17.7 Å². The molecule has 2 N–H and O–H groups in total. The molecule has 5 heteroatoms. The van der Waals surface area contributed by atoms with Crippen molar-refractivity contribution < 1.29 is 14.7 Å². The summed E-state index contributed by atoms with van der Waals surface area (Å²) in [7, 11) is 0. The highest BCUT2D eigenvalue weighted by Crippen LogP contribution is 2.34. The van der Waals surface area contributed by atoms with Crippen LogP contribution < -0.4 is 10.2 Å². The molecule has 2 aliphatic rings. The first-order valence-corrected chi connectivity index (χ1v) is 7.03. The zero-order valence-electron chi connectivity index (χ0n) is 11.2. The molecule has 1 fully saturated rings. The summed E-state index contributed by atoms with van der Waals surface area (Å²) in [4.78, 5) is 24.9. The molecule has 1 unspecified atom stereocenters. The molecule has 1 aromatic rings. The number of fused-ring (bicyclic) bond motifs is 1. The van der Waals surface area contributed by atoms with Crippen molar-refractivity contribution in [1.29, 1.82) is 0 Å². The Morgan fingerprint density at radius 2 is 2.10 bits per heavy atom. The van der Waals surface area contributed by atoms with E-state index in [4.69, 9.17) is 5.11 Å². The van der Waals surface area contributed by atoms with E-state index in [1.165, 1.54) is 5.56 Å². The minimum absolute atomic E-state index is 0.00585. The molecule has 1 heterocycles. The van der Waals surface area contributed by atoms with Gasteiger partial charge in [-0.25, -0.2) is 4.79 Å². The van der Waals surface area contributed by atoms with E-state index < -0.39 is 5.97 Å². The van der Waals surface area contributed by atoms with E-state index in [2.05, 4.69) is 5.32 Å². The summed E-state index contributed by atoms with van der Waals surface area (Å²) in [6, 6.07) is 7.43. The van der Waals surface area contributed by atoms with Crippen LogP contribution in [-0.2, 0) is 11.2 Å². The number of benzene rings is 1. The molecule has 0 spiro atoms. The molecule has 1 aliphatic heterocycles. The van der Waals surface area contributed by atoms with Gasteiger partial charge in [0.25, 0.3) is 0 Å². The number of carboxylic acid groups (broad SMARTS) is 1. The molecular formula is C15H18N2O3. The number of hydrogen-bond acceptors (Lipinski definition) is 2. The fraction of sp³-hybridized carbons (Fsp3) is 0.467. The number of amides is 2. The molecule has 2 amide bonds. The predicted molar refractivity (Wildman–Crippen MR) is 74.8 cm³/mol. The second-order valence-electron chi connectivity index (χ2n) is 5.52. The molecular weight excluding hydrogens is 256 g/mol. The van der Waals surface area contributed by atoms with Crippen molar-refractivity contribution in [3.63, 3.8) is 0 Å². The van der Waals surface area contributed by atoms with Crippen LogP contribution in [0, 0.1) is 5.92 Å². The van der Waals surface area contributed by atoms with Gasteiger partial charge in [-0.1, -0.05) is 18.2 Å². The number of carbonyl (C=O) groups excluding carboxylic acids is 1. The van der Waals surface area contributed by atoms with Gasteiger partial charge in [0.1, 0.15) is 0 Å². The molecule has 0 aromatic heterocycles. The number of anilines is 1. The van der Waals surface area contributed by atoms with Crippen molar-refractivity contribution in [2.75, 3.05) is 11.4 Å². The summed E-state index contributed by atoms with van der Waals surface area (Å²) in [5, 5.41) is 11.8. The fourth-order valence-electron chi connectivity index (χ4n) is 2.81. The Bertz CT molecular complexity index is 540. The fourth-order valence-corrected chi connectivity index (χ4v) is 2.81. The van der Waals surface area contributed by atoms with Gasteiger partial charge in [-0.05, 0) is 36.8 Å².